The van der Waals surface area contributed by atoms with Crippen LogP contribution in [0, 0.1) is 18.3 Å². The number of amides is 2. The fraction of sp³-hybridized carbons (Fsp3) is 0.350. The van der Waals surface area contributed by atoms with Crippen molar-refractivity contribution in [3.8, 4) is 6.07 Å². The Kier molecular flexibility index (Phi) is 6.08. The second-order valence-electron chi connectivity index (χ2n) is 7.18. The first-order chi connectivity index (χ1) is 14.2. The summed E-state index contributed by atoms with van der Waals surface area (Å²) in [5.74, 6) is -0.712. The zero-order valence-electron chi connectivity index (χ0n) is 16.6. The van der Waals surface area contributed by atoms with Gasteiger partial charge >= 0.3 is 0 Å². The maximum Gasteiger partial charge on any atom is 0.269 e. The number of aromatic nitrogens is 2. The second-order valence-corrected chi connectivity index (χ2v) is 7.57. The molecule has 4 N–H and O–H groups in total. The highest BCUT2D eigenvalue weighted by molar-refractivity contribution is 6.29. The van der Waals surface area contributed by atoms with Gasteiger partial charge in [-0.2, -0.15) is 5.26 Å². The molecule has 0 unspecified atom stereocenters. The molecule has 3 rings (SSSR count). The Balaban J connectivity index is 1.68. The molecule has 30 heavy (non-hydrogen) atoms. The van der Waals surface area contributed by atoms with Gasteiger partial charge in [0.05, 0.1) is 11.1 Å². The SMILES string of the molecule is CC(=O)c1c(C)[nH]c(C(=O)NC2CCN(c3cc(C(N)=O)cc(Cl)n3)CC2)c1C#N. The Labute approximate surface area is 178 Å². The Hall–Kier alpha value is -3.38. The Morgan fingerprint density at radius 1 is 1.33 bits per heavy atom. The van der Waals surface area contributed by atoms with Gasteiger partial charge in [0.25, 0.3) is 5.91 Å². The molecule has 2 aromatic rings. The maximum absolute atomic E-state index is 12.7. The number of nitrogens with zero attached hydrogens (tertiary/aromatic N) is 3. The largest absolute Gasteiger partial charge is 0.366 e. The van der Waals surface area contributed by atoms with Crippen LogP contribution in [0.15, 0.2) is 12.1 Å². The van der Waals surface area contributed by atoms with Crippen molar-refractivity contribution in [3.05, 3.63) is 45.4 Å². The summed E-state index contributed by atoms with van der Waals surface area (Å²) in [6, 6.07) is 4.85. The number of aromatic amines is 1. The number of carbonyl (C=O) groups is 3. The number of anilines is 1. The first-order valence-corrected chi connectivity index (χ1v) is 9.75. The standard InChI is InChI=1S/C20H21ClN6O3/c1-10-17(11(2)28)14(9-22)18(24-10)20(30)25-13-3-5-27(6-4-13)16-8-12(19(23)29)7-15(21)26-16/h7-8,13,24H,3-6H2,1-2H3,(H2,23,29)(H,25,30). The molecule has 3 heterocycles. The third-order valence-corrected chi connectivity index (χ3v) is 5.29. The third-order valence-electron chi connectivity index (χ3n) is 5.10. The van der Waals surface area contributed by atoms with Crippen LogP contribution in [0.25, 0.3) is 0 Å². The lowest BCUT2D eigenvalue weighted by atomic mass is 10.0. The van der Waals surface area contributed by atoms with Crippen molar-refractivity contribution in [2.45, 2.75) is 32.7 Å². The molecule has 0 radical (unpaired) electrons. The number of aryl methyl sites for hydroxylation is 1. The topological polar surface area (TPSA) is 145 Å². The minimum absolute atomic E-state index is 0.0667. The highest BCUT2D eigenvalue weighted by atomic mass is 35.5. The average molecular weight is 429 g/mol. The Morgan fingerprint density at radius 3 is 2.57 bits per heavy atom. The number of pyridine rings is 1. The number of nitriles is 1. The van der Waals surface area contributed by atoms with Gasteiger partial charge < -0.3 is 20.9 Å². The van der Waals surface area contributed by atoms with Crippen molar-refractivity contribution in [3.63, 3.8) is 0 Å². The number of hydrogen-bond donors (Lipinski definition) is 3. The van der Waals surface area contributed by atoms with E-state index in [0.29, 0.717) is 37.4 Å². The summed E-state index contributed by atoms with van der Waals surface area (Å²) in [6.45, 7) is 4.20. The molecule has 1 aliphatic heterocycles. The number of nitrogens with one attached hydrogen (secondary N) is 2. The smallest absolute Gasteiger partial charge is 0.269 e. The lowest BCUT2D eigenvalue weighted by Crippen LogP contribution is -2.45. The van der Waals surface area contributed by atoms with E-state index >= 15 is 0 Å². The molecule has 0 saturated carbocycles. The van der Waals surface area contributed by atoms with E-state index in [1.54, 1.807) is 13.0 Å². The molecule has 10 heteroatoms. The molecular formula is C20H21ClN6O3. The first-order valence-electron chi connectivity index (χ1n) is 9.38. The van der Waals surface area contributed by atoms with Crippen LogP contribution in [0.5, 0.6) is 0 Å². The number of rotatable bonds is 5. The van der Waals surface area contributed by atoms with Gasteiger partial charge in [0, 0.05) is 30.4 Å². The van der Waals surface area contributed by atoms with Gasteiger partial charge in [-0.25, -0.2) is 4.98 Å². The quantitative estimate of drug-likeness (QED) is 0.490. The van der Waals surface area contributed by atoms with Crippen LogP contribution >= 0.6 is 11.6 Å². The fourth-order valence-electron chi connectivity index (χ4n) is 3.64. The average Bonchev–Trinajstić information content (AvgIpc) is 3.04. The highest BCUT2D eigenvalue weighted by Crippen LogP contribution is 2.23. The van der Waals surface area contributed by atoms with Crippen molar-refractivity contribution < 1.29 is 14.4 Å². The highest BCUT2D eigenvalue weighted by Gasteiger charge is 2.27. The molecule has 1 aliphatic rings. The number of primary amides is 1. The molecule has 0 aromatic carbocycles. The van der Waals surface area contributed by atoms with E-state index in [2.05, 4.69) is 15.3 Å². The summed E-state index contributed by atoms with van der Waals surface area (Å²) in [5, 5.41) is 12.5. The normalized spacial score (nSPS) is 14.3. The summed E-state index contributed by atoms with van der Waals surface area (Å²) < 4.78 is 0. The van der Waals surface area contributed by atoms with Crippen molar-refractivity contribution >= 4 is 35.0 Å². The molecule has 156 valence electrons. The van der Waals surface area contributed by atoms with Gasteiger partial charge in [0.2, 0.25) is 5.91 Å². The van der Waals surface area contributed by atoms with E-state index < -0.39 is 11.8 Å². The van der Waals surface area contributed by atoms with Crippen LogP contribution in [0.4, 0.5) is 5.82 Å². The molecule has 1 saturated heterocycles. The predicted molar refractivity (Wildman–Crippen MR) is 111 cm³/mol. The van der Waals surface area contributed by atoms with E-state index in [1.165, 1.54) is 13.0 Å². The zero-order valence-corrected chi connectivity index (χ0v) is 17.3. The maximum atomic E-state index is 12.7. The summed E-state index contributed by atoms with van der Waals surface area (Å²) in [7, 11) is 0. The molecule has 2 amide bonds. The summed E-state index contributed by atoms with van der Waals surface area (Å²) >= 11 is 5.99. The number of ketones is 1. The molecule has 9 nitrogen and oxygen atoms in total. The van der Waals surface area contributed by atoms with E-state index in [1.807, 2.05) is 11.0 Å². The molecule has 0 bridgehead atoms. The minimum atomic E-state index is -0.581. The van der Waals surface area contributed by atoms with Crippen LogP contribution in [0.1, 0.15) is 62.2 Å². The number of Topliss-reactive ketones (excluding diaryl/α,β-unsaturated/α-hetero) is 1. The molecule has 0 atom stereocenters. The number of carbonyl (C=O) groups excluding carboxylic acids is 3. The Bertz CT molecular complexity index is 1060. The van der Waals surface area contributed by atoms with Crippen molar-refractivity contribution in [2.75, 3.05) is 18.0 Å². The zero-order chi connectivity index (χ0) is 22.0. The van der Waals surface area contributed by atoms with Crippen LogP contribution in [0.2, 0.25) is 5.15 Å². The Morgan fingerprint density at radius 2 is 2.00 bits per heavy atom. The van der Waals surface area contributed by atoms with Crippen LogP contribution < -0.4 is 16.0 Å². The van der Waals surface area contributed by atoms with Crippen molar-refractivity contribution in [1.29, 1.82) is 5.26 Å². The van der Waals surface area contributed by atoms with Gasteiger partial charge in [0.15, 0.2) is 5.78 Å². The fourth-order valence-corrected chi connectivity index (χ4v) is 3.85. The van der Waals surface area contributed by atoms with Gasteiger partial charge in [0.1, 0.15) is 22.7 Å². The predicted octanol–water partition coefficient (Wildman–Crippen LogP) is 1.94. The minimum Gasteiger partial charge on any atom is -0.366 e. The van der Waals surface area contributed by atoms with E-state index in [0.717, 1.165) is 0 Å². The second kappa shape index (κ2) is 8.55. The van der Waals surface area contributed by atoms with Crippen LogP contribution in [-0.4, -0.2) is 46.7 Å². The molecule has 2 aromatic heterocycles. The first kappa shape index (κ1) is 21.3. The molecular weight excluding hydrogens is 408 g/mol. The van der Waals surface area contributed by atoms with Crippen molar-refractivity contribution in [1.82, 2.24) is 15.3 Å². The number of nitrogens with two attached hydrogens (primary N) is 1. The van der Waals surface area contributed by atoms with Crippen molar-refractivity contribution in [2.24, 2.45) is 5.73 Å². The molecule has 1 fully saturated rings. The van der Waals surface area contributed by atoms with E-state index in [-0.39, 0.29) is 39.4 Å². The summed E-state index contributed by atoms with van der Waals surface area (Å²) in [6.07, 6.45) is 1.26. The number of halogens is 1. The van der Waals surface area contributed by atoms with Crippen LogP contribution in [-0.2, 0) is 0 Å². The van der Waals surface area contributed by atoms with Gasteiger partial charge in [-0.1, -0.05) is 11.6 Å². The lowest BCUT2D eigenvalue weighted by Gasteiger charge is -2.33. The van der Waals surface area contributed by atoms with E-state index in [9.17, 15) is 19.6 Å². The van der Waals surface area contributed by atoms with Crippen LogP contribution in [0.3, 0.4) is 0 Å². The van der Waals surface area contributed by atoms with E-state index in [4.69, 9.17) is 17.3 Å². The monoisotopic (exact) mass is 428 g/mol. The number of hydrogen-bond acceptors (Lipinski definition) is 6. The number of piperidine rings is 1. The molecule has 0 aliphatic carbocycles. The van der Waals surface area contributed by atoms with Gasteiger partial charge in [-0.3, -0.25) is 14.4 Å². The third kappa shape index (κ3) is 4.28. The van der Waals surface area contributed by atoms with Gasteiger partial charge in [-0.05, 0) is 38.8 Å². The lowest BCUT2D eigenvalue weighted by molar-refractivity contribution is 0.0925. The van der Waals surface area contributed by atoms with Gasteiger partial charge in [-0.15, -0.1) is 0 Å². The summed E-state index contributed by atoms with van der Waals surface area (Å²) in [4.78, 5) is 45.0. The molecule has 0 spiro atoms. The summed E-state index contributed by atoms with van der Waals surface area (Å²) in [5.41, 5.74) is 6.53. The number of H-pyrrole nitrogens is 1.